The minimum atomic E-state index is -3.20. The van der Waals surface area contributed by atoms with Crippen LogP contribution >= 0.6 is 11.3 Å². The van der Waals surface area contributed by atoms with Gasteiger partial charge in [-0.2, -0.15) is 0 Å². The zero-order valence-electron chi connectivity index (χ0n) is 24.0. The number of nitrogens with one attached hydrogen (secondary N) is 1. The van der Waals surface area contributed by atoms with Gasteiger partial charge in [-0.3, -0.25) is 9.69 Å². The summed E-state index contributed by atoms with van der Waals surface area (Å²) >= 11 is 1.76. The van der Waals surface area contributed by atoms with Crippen LogP contribution < -0.4 is 5.32 Å². The molecule has 0 aliphatic carbocycles. The molecule has 3 aliphatic heterocycles. The third-order valence-electron chi connectivity index (χ3n) is 9.02. The molecular formula is C28H44N6O3S2. The van der Waals surface area contributed by atoms with Gasteiger partial charge in [0.2, 0.25) is 15.9 Å². The Hall–Kier alpha value is -1.82. The number of thiophene rings is 1. The van der Waals surface area contributed by atoms with Crippen LogP contribution in [0.2, 0.25) is 0 Å². The first kappa shape index (κ1) is 28.7. The Morgan fingerprint density at radius 2 is 1.72 bits per heavy atom. The number of piperidine rings is 2. The lowest BCUT2D eigenvalue weighted by Gasteiger charge is -2.40. The molecule has 0 saturated carbocycles. The summed E-state index contributed by atoms with van der Waals surface area (Å²) in [7, 11) is -3.20. The summed E-state index contributed by atoms with van der Waals surface area (Å²) in [5.41, 5.74) is 0. The average molecular weight is 577 g/mol. The van der Waals surface area contributed by atoms with Crippen LogP contribution in [0, 0.1) is 19.8 Å². The monoisotopic (exact) mass is 576 g/mol. The van der Waals surface area contributed by atoms with E-state index in [4.69, 9.17) is 0 Å². The number of carbonyl (C=O) groups excluding carboxylic acids is 1. The van der Waals surface area contributed by atoms with Crippen molar-refractivity contribution >= 4 is 27.3 Å². The lowest BCUT2D eigenvalue weighted by molar-refractivity contribution is -0.127. The second-order valence-electron chi connectivity index (χ2n) is 12.1. The van der Waals surface area contributed by atoms with E-state index < -0.39 is 10.0 Å². The fourth-order valence-electron chi connectivity index (χ4n) is 7.00. The molecule has 39 heavy (non-hydrogen) atoms. The van der Waals surface area contributed by atoms with Gasteiger partial charge in [0.15, 0.2) is 0 Å². The Bertz CT molecular complexity index is 1250. The zero-order chi connectivity index (χ0) is 27.9. The van der Waals surface area contributed by atoms with Gasteiger partial charge in [0.1, 0.15) is 11.6 Å². The SMILES string of the molecule is Cc1ccc([C@H](CCN2[C@@H]3CC[C@H]2CC(n2c(C)nnc2C(C)C)C3)NC(=O)C2CCN(S(C)(=O)=O)CC2)s1. The van der Waals surface area contributed by atoms with Gasteiger partial charge in [0.25, 0.3) is 0 Å². The second kappa shape index (κ2) is 11.6. The number of rotatable bonds is 9. The first-order valence-electron chi connectivity index (χ1n) is 14.5. The fraction of sp³-hybridized carbons (Fsp3) is 0.750. The van der Waals surface area contributed by atoms with Gasteiger partial charge in [-0.05, 0) is 70.9 Å². The van der Waals surface area contributed by atoms with Crippen LogP contribution in [-0.4, -0.2) is 76.3 Å². The van der Waals surface area contributed by atoms with Gasteiger partial charge in [-0.15, -0.1) is 21.5 Å². The largest absolute Gasteiger partial charge is 0.348 e. The van der Waals surface area contributed by atoms with E-state index in [2.05, 4.69) is 64.8 Å². The molecule has 0 spiro atoms. The molecule has 2 aromatic heterocycles. The third kappa shape index (κ3) is 6.26. The number of fused-ring (bicyclic) bond motifs is 2. The number of carbonyl (C=O) groups is 1. The summed E-state index contributed by atoms with van der Waals surface area (Å²) in [6.07, 6.45) is 8.00. The molecule has 216 valence electrons. The molecule has 5 heterocycles. The van der Waals surface area contributed by atoms with Crippen LogP contribution in [0.5, 0.6) is 0 Å². The molecule has 3 saturated heterocycles. The first-order valence-corrected chi connectivity index (χ1v) is 17.2. The Labute approximate surface area is 237 Å². The number of aryl methyl sites for hydroxylation is 2. The van der Waals surface area contributed by atoms with E-state index in [-0.39, 0.29) is 17.9 Å². The van der Waals surface area contributed by atoms with Crippen LogP contribution in [-0.2, 0) is 14.8 Å². The summed E-state index contributed by atoms with van der Waals surface area (Å²) in [5, 5.41) is 12.3. The maximum Gasteiger partial charge on any atom is 0.223 e. The highest BCUT2D eigenvalue weighted by Gasteiger charge is 2.42. The molecule has 0 radical (unpaired) electrons. The summed E-state index contributed by atoms with van der Waals surface area (Å²) in [6, 6.07) is 5.83. The number of aromatic nitrogens is 3. The van der Waals surface area contributed by atoms with Gasteiger partial charge in [-0.1, -0.05) is 13.8 Å². The van der Waals surface area contributed by atoms with E-state index in [1.165, 1.54) is 33.2 Å². The standard InChI is InChI=1S/C28H44N6O3S2/c1-18(2)27-31-30-20(4)34(27)24-16-22-7-8-23(17-24)33(22)15-12-25(26-9-6-19(3)38-26)29-28(35)21-10-13-32(14-11-21)39(5,36)37/h6,9,18,21-25H,7-8,10-17H2,1-5H3,(H,29,35)/t22-,23+,24?,25-/m0/s1. The van der Waals surface area contributed by atoms with E-state index in [1.54, 1.807) is 11.3 Å². The van der Waals surface area contributed by atoms with Gasteiger partial charge < -0.3 is 9.88 Å². The topological polar surface area (TPSA) is 100 Å². The van der Waals surface area contributed by atoms with Crippen LogP contribution in [0.25, 0.3) is 0 Å². The van der Waals surface area contributed by atoms with Crippen LogP contribution in [0.3, 0.4) is 0 Å². The predicted octanol–water partition coefficient (Wildman–Crippen LogP) is 4.17. The maximum absolute atomic E-state index is 13.3. The van der Waals surface area contributed by atoms with Gasteiger partial charge >= 0.3 is 0 Å². The van der Waals surface area contributed by atoms with Crippen molar-refractivity contribution in [3.05, 3.63) is 33.5 Å². The smallest absolute Gasteiger partial charge is 0.223 e. The number of sulfonamides is 1. The molecule has 3 aliphatic rings. The van der Waals surface area contributed by atoms with Crippen molar-refractivity contribution < 1.29 is 13.2 Å². The highest BCUT2D eigenvalue weighted by molar-refractivity contribution is 7.88. The van der Waals surface area contributed by atoms with Crippen molar-refractivity contribution in [1.29, 1.82) is 0 Å². The summed E-state index contributed by atoms with van der Waals surface area (Å²) in [4.78, 5) is 18.5. The highest BCUT2D eigenvalue weighted by Crippen LogP contribution is 2.42. The minimum Gasteiger partial charge on any atom is -0.348 e. The Kier molecular flexibility index (Phi) is 8.52. The molecule has 1 N–H and O–H groups in total. The maximum atomic E-state index is 13.3. The molecule has 3 fully saturated rings. The third-order valence-corrected chi connectivity index (χ3v) is 11.4. The normalized spacial score (nSPS) is 25.8. The van der Waals surface area contributed by atoms with Gasteiger partial charge in [-0.25, -0.2) is 12.7 Å². The van der Waals surface area contributed by atoms with Crippen molar-refractivity contribution in [1.82, 2.24) is 29.3 Å². The van der Waals surface area contributed by atoms with Crippen LogP contribution in [0.4, 0.5) is 0 Å². The quantitative estimate of drug-likeness (QED) is 0.481. The van der Waals surface area contributed by atoms with Crippen molar-refractivity contribution in [2.75, 3.05) is 25.9 Å². The molecule has 5 rings (SSSR count). The zero-order valence-corrected chi connectivity index (χ0v) is 25.6. The van der Waals surface area contributed by atoms with Crippen molar-refractivity contribution in [3.63, 3.8) is 0 Å². The average Bonchev–Trinajstić information content (AvgIpc) is 3.56. The highest BCUT2D eigenvalue weighted by atomic mass is 32.2. The predicted molar refractivity (Wildman–Crippen MR) is 154 cm³/mol. The Morgan fingerprint density at radius 1 is 1.05 bits per heavy atom. The minimum absolute atomic E-state index is 0.0195. The summed E-state index contributed by atoms with van der Waals surface area (Å²) < 4.78 is 27.7. The lowest BCUT2D eigenvalue weighted by Crippen LogP contribution is -2.46. The van der Waals surface area contributed by atoms with E-state index in [9.17, 15) is 13.2 Å². The Morgan fingerprint density at radius 3 is 2.28 bits per heavy atom. The van der Waals surface area contributed by atoms with Crippen molar-refractivity contribution in [2.45, 2.75) is 103 Å². The van der Waals surface area contributed by atoms with E-state index >= 15 is 0 Å². The molecule has 0 aromatic carbocycles. The molecule has 2 aromatic rings. The second-order valence-corrected chi connectivity index (χ2v) is 15.4. The van der Waals surface area contributed by atoms with Crippen molar-refractivity contribution in [2.24, 2.45) is 5.92 Å². The van der Waals surface area contributed by atoms with Crippen LogP contribution in [0.1, 0.15) is 98.2 Å². The fourth-order valence-corrected chi connectivity index (χ4v) is 8.83. The van der Waals surface area contributed by atoms with Gasteiger partial charge in [0.05, 0.1) is 12.3 Å². The lowest BCUT2D eigenvalue weighted by atomic mass is 9.95. The molecule has 1 amide bonds. The summed E-state index contributed by atoms with van der Waals surface area (Å²) in [5.74, 6) is 2.41. The molecule has 4 atom stereocenters. The molecular weight excluding hydrogens is 532 g/mol. The summed E-state index contributed by atoms with van der Waals surface area (Å²) in [6.45, 7) is 10.4. The number of amides is 1. The van der Waals surface area contributed by atoms with Crippen LogP contribution in [0.15, 0.2) is 12.1 Å². The molecule has 2 bridgehead atoms. The molecule has 9 nitrogen and oxygen atoms in total. The molecule has 11 heteroatoms. The van der Waals surface area contributed by atoms with Gasteiger partial charge in [0, 0.05) is 59.3 Å². The Balaban J connectivity index is 1.23. The molecule has 1 unspecified atom stereocenters. The van der Waals surface area contributed by atoms with E-state index in [0.29, 0.717) is 50.0 Å². The van der Waals surface area contributed by atoms with E-state index in [0.717, 1.165) is 37.5 Å². The number of nitrogens with zero attached hydrogens (tertiary/aromatic N) is 5. The van der Waals surface area contributed by atoms with E-state index in [1.807, 2.05) is 0 Å². The first-order chi connectivity index (χ1) is 18.5. The van der Waals surface area contributed by atoms with Crippen molar-refractivity contribution in [3.8, 4) is 0 Å². The number of hydrogen-bond donors (Lipinski definition) is 1. The number of hydrogen-bond acceptors (Lipinski definition) is 7.